The molecule has 10 heteroatoms. The number of nitrogen functional groups attached to an aromatic ring is 1. The molecule has 222 valence electrons. The smallest absolute Gasteiger partial charge is 0.160 e. The van der Waals surface area contributed by atoms with Gasteiger partial charge in [0, 0.05) is 24.5 Å². The van der Waals surface area contributed by atoms with Crippen molar-refractivity contribution in [2.75, 3.05) is 38.5 Å². The second-order valence-corrected chi connectivity index (χ2v) is 12.7. The van der Waals surface area contributed by atoms with E-state index in [-0.39, 0.29) is 29.5 Å². The van der Waals surface area contributed by atoms with E-state index in [4.69, 9.17) is 15.2 Å². The molecule has 0 saturated carbocycles. The van der Waals surface area contributed by atoms with Crippen LogP contribution in [0.4, 0.5) is 10.2 Å². The number of piperidine rings is 1. The van der Waals surface area contributed by atoms with Gasteiger partial charge in [0.2, 0.25) is 0 Å². The minimum absolute atomic E-state index is 0.0523. The van der Waals surface area contributed by atoms with Gasteiger partial charge in [0.1, 0.15) is 23.8 Å². The monoisotopic (exact) mass is 566 g/mol. The van der Waals surface area contributed by atoms with Crippen LogP contribution in [0.5, 0.6) is 0 Å². The van der Waals surface area contributed by atoms with Gasteiger partial charge in [-0.25, -0.2) is 13.9 Å². The van der Waals surface area contributed by atoms with Gasteiger partial charge >= 0.3 is 0 Å². The fraction of sp³-hybridized carbons (Fsp3) is 0.613. The lowest BCUT2D eigenvalue weighted by Crippen LogP contribution is -2.54. The predicted molar refractivity (Wildman–Crippen MR) is 155 cm³/mol. The minimum Gasteiger partial charge on any atom is -0.382 e. The van der Waals surface area contributed by atoms with Crippen molar-refractivity contribution in [2.24, 2.45) is 5.92 Å². The maximum atomic E-state index is 13.3. The molecule has 1 spiro atoms. The highest BCUT2D eigenvalue weighted by atomic mass is 19.1. The maximum Gasteiger partial charge on any atom is 0.160 e. The molecule has 3 aromatic rings. The lowest BCUT2D eigenvalue weighted by Gasteiger charge is -2.46. The van der Waals surface area contributed by atoms with Crippen LogP contribution in [0.15, 0.2) is 42.7 Å². The van der Waals surface area contributed by atoms with Crippen LogP contribution in [-0.4, -0.2) is 85.8 Å². The molecule has 0 bridgehead atoms. The van der Waals surface area contributed by atoms with Gasteiger partial charge in [-0.2, -0.15) is 5.10 Å². The molecule has 1 aromatic carbocycles. The highest BCUT2D eigenvalue weighted by molar-refractivity contribution is 5.65. The van der Waals surface area contributed by atoms with Gasteiger partial charge in [0.15, 0.2) is 11.6 Å². The average Bonchev–Trinajstić information content (AvgIpc) is 3.62. The number of benzene rings is 1. The van der Waals surface area contributed by atoms with Crippen LogP contribution in [0.1, 0.15) is 63.8 Å². The first-order chi connectivity index (χ1) is 19.6. The zero-order valence-corrected chi connectivity index (χ0v) is 24.4. The van der Waals surface area contributed by atoms with E-state index < -0.39 is 11.9 Å². The molecule has 3 saturated heterocycles. The van der Waals surface area contributed by atoms with Crippen LogP contribution in [0.25, 0.3) is 5.52 Å². The van der Waals surface area contributed by atoms with Crippen LogP contribution in [-0.2, 0) is 15.9 Å². The fourth-order valence-corrected chi connectivity index (χ4v) is 7.21. The van der Waals surface area contributed by atoms with E-state index in [0.29, 0.717) is 5.82 Å². The Hall–Kier alpha value is -2.63. The summed E-state index contributed by atoms with van der Waals surface area (Å²) >= 11 is 0. The maximum absolute atomic E-state index is 13.3. The lowest BCUT2D eigenvalue weighted by molar-refractivity contribution is -0.221. The van der Waals surface area contributed by atoms with Gasteiger partial charge < -0.3 is 25.2 Å². The third-order valence-electron chi connectivity index (χ3n) is 9.51. The molecule has 3 fully saturated rings. The van der Waals surface area contributed by atoms with Crippen molar-refractivity contribution in [1.82, 2.24) is 24.4 Å². The SMILES string of the molecule is C[C@H]1[C@@H](OC(C)(C)O)[C@H](c2ccc3c(N)ncnn23)O[C@@H]1CN1CCCC12CCN(CCc1ccc(F)cc1)CC2. The Balaban J connectivity index is 1.14. The molecular formula is C31H43FN6O3. The van der Waals surface area contributed by atoms with Gasteiger partial charge in [-0.15, -0.1) is 0 Å². The van der Waals surface area contributed by atoms with Gasteiger partial charge in [0.05, 0.1) is 17.9 Å². The summed E-state index contributed by atoms with van der Waals surface area (Å²) in [6.07, 6.45) is 6.30. The topological polar surface area (TPSA) is 101 Å². The van der Waals surface area contributed by atoms with E-state index in [1.165, 1.54) is 24.7 Å². The molecule has 0 amide bonds. The molecular weight excluding hydrogens is 523 g/mol. The molecule has 9 nitrogen and oxygen atoms in total. The Bertz CT molecular complexity index is 1330. The second-order valence-electron chi connectivity index (χ2n) is 12.7. The van der Waals surface area contributed by atoms with Crippen LogP contribution in [0, 0.1) is 11.7 Å². The number of aromatic nitrogens is 3. The number of aliphatic hydroxyl groups is 1. The summed E-state index contributed by atoms with van der Waals surface area (Å²) in [5.74, 6) is -1.01. The molecule has 41 heavy (non-hydrogen) atoms. The number of hydrogen-bond donors (Lipinski definition) is 2. The number of hydrogen-bond acceptors (Lipinski definition) is 8. The van der Waals surface area contributed by atoms with Crippen LogP contribution < -0.4 is 5.73 Å². The highest BCUT2D eigenvalue weighted by Gasteiger charge is 2.50. The number of fused-ring (bicyclic) bond motifs is 1. The minimum atomic E-state index is -1.30. The molecule has 3 aliphatic rings. The molecule has 5 heterocycles. The van der Waals surface area contributed by atoms with Gasteiger partial charge in [-0.1, -0.05) is 19.1 Å². The van der Waals surface area contributed by atoms with Crippen LogP contribution in [0.2, 0.25) is 0 Å². The molecule has 2 aromatic heterocycles. The van der Waals surface area contributed by atoms with Crippen molar-refractivity contribution in [3.05, 3.63) is 59.8 Å². The summed E-state index contributed by atoms with van der Waals surface area (Å²) in [5, 5.41) is 15.1. The number of rotatable bonds is 8. The lowest BCUT2D eigenvalue weighted by atomic mass is 9.84. The first-order valence-corrected chi connectivity index (χ1v) is 15.0. The molecule has 4 atom stereocenters. The zero-order chi connectivity index (χ0) is 28.8. The third kappa shape index (κ3) is 5.85. The molecule has 3 N–H and O–H groups in total. The Morgan fingerprint density at radius 3 is 2.61 bits per heavy atom. The second kappa shape index (κ2) is 11.2. The Morgan fingerprint density at radius 1 is 1.12 bits per heavy atom. The molecule has 0 radical (unpaired) electrons. The van der Waals surface area contributed by atoms with Gasteiger partial charge in [-0.3, -0.25) is 4.90 Å². The standard InChI is InChI=1S/C31H43FN6O3/c1-21-26(40-28(27(21)41-30(2,3)39)24-9-10-25-29(33)34-20-35-38(24)25)19-37-15-4-12-31(37)13-17-36(18-14-31)16-11-22-5-7-23(32)8-6-22/h5-10,20-21,26-28,39H,4,11-19H2,1-3H3,(H2,33,34,35)/t21-,26-,27-,28+/m1/s1. The summed E-state index contributed by atoms with van der Waals surface area (Å²) in [6, 6.07) is 10.8. The van der Waals surface area contributed by atoms with Crippen molar-refractivity contribution in [2.45, 2.75) is 82.5 Å². The number of ether oxygens (including phenoxy) is 2. The zero-order valence-electron chi connectivity index (χ0n) is 24.4. The largest absolute Gasteiger partial charge is 0.382 e. The molecule has 0 unspecified atom stereocenters. The summed E-state index contributed by atoms with van der Waals surface area (Å²) < 4.78 is 28.1. The number of nitrogens with zero attached hydrogens (tertiary/aromatic N) is 5. The molecule has 6 rings (SSSR count). The number of halogens is 1. The predicted octanol–water partition coefficient (Wildman–Crippen LogP) is 3.81. The van der Waals surface area contributed by atoms with Crippen molar-refractivity contribution in [3.63, 3.8) is 0 Å². The summed E-state index contributed by atoms with van der Waals surface area (Å²) in [7, 11) is 0. The Kier molecular flexibility index (Phi) is 7.80. The van der Waals surface area contributed by atoms with Crippen molar-refractivity contribution < 1.29 is 19.0 Å². The van der Waals surface area contributed by atoms with E-state index in [9.17, 15) is 9.50 Å². The summed E-state index contributed by atoms with van der Waals surface area (Å²) in [4.78, 5) is 9.34. The van der Waals surface area contributed by atoms with Crippen LogP contribution >= 0.6 is 0 Å². The van der Waals surface area contributed by atoms with E-state index in [1.54, 1.807) is 30.5 Å². The van der Waals surface area contributed by atoms with Gasteiger partial charge in [0.25, 0.3) is 0 Å². The number of likely N-dealkylation sites (tertiary alicyclic amines) is 2. The first-order valence-electron chi connectivity index (χ1n) is 15.0. The Morgan fingerprint density at radius 2 is 1.88 bits per heavy atom. The van der Waals surface area contributed by atoms with Crippen molar-refractivity contribution >= 4 is 11.3 Å². The quantitative estimate of drug-likeness (QED) is 0.397. The summed E-state index contributed by atoms with van der Waals surface area (Å²) in [5.41, 5.74) is 9.07. The first kappa shape index (κ1) is 28.5. The number of anilines is 1. The highest BCUT2D eigenvalue weighted by Crippen LogP contribution is 2.44. The fourth-order valence-electron chi connectivity index (χ4n) is 7.21. The molecule has 0 aliphatic carbocycles. The number of nitrogens with two attached hydrogens (primary N) is 1. The van der Waals surface area contributed by atoms with Gasteiger partial charge in [-0.05, 0) is 95.4 Å². The van der Waals surface area contributed by atoms with Crippen molar-refractivity contribution in [1.29, 1.82) is 0 Å². The third-order valence-corrected chi connectivity index (χ3v) is 9.51. The molecule has 3 aliphatic heterocycles. The van der Waals surface area contributed by atoms with E-state index >= 15 is 0 Å². The normalized spacial score (nSPS) is 27.3. The summed E-state index contributed by atoms with van der Waals surface area (Å²) in [6.45, 7) is 10.6. The van der Waals surface area contributed by atoms with E-state index in [0.717, 1.165) is 63.2 Å². The Labute approximate surface area is 241 Å². The van der Waals surface area contributed by atoms with E-state index in [1.807, 2.05) is 24.3 Å². The van der Waals surface area contributed by atoms with Crippen molar-refractivity contribution in [3.8, 4) is 0 Å². The van der Waals surface area contributed by atoms with Crippen LogP contribution in [0.3, 0.4) is 0 Å². The average molecular weight is 567 g/mol. The van der Waals surface area contributed by atoms with E-state index in [2.05, 4.69) is 26.8 Å².